The first-order chi connectivity index (χ1) is 32.0. The molecule has 9 rings (SSSR count). The van der Waals surface area contributed by atoms with Gasteiger partial charge in [-0.25, -0.2) is 0 Å². The molecule has 0 aliphatic rings. The summed E-state index contributed by atoms with van der Waals surface area (Å²) >= 11 is 0. The van der Waals surface area contributed by atoms with Crippen molar-refractivity contribution in [3.63, 3.8) is 0 Å². The number of aromatic nitrogens is 2. The van der Waals surface area contributed by atoms with Crippen LogP contribution in [-0.2, 0) is 25.5 Å². The molecule has 0 N–H and O–H groups in total. The molecule has 3 heterocycles. The van der Waals surface area contributed by atoms with Crippen LogP contribution >= 0.6 is 0 Å². The number of furan rings is 1. The second-order valence-electron chi connectivity index (χ2n) is 16.3. The van der Waals surface area contributed by atoms with Crippen LogP contribution in [0.2, 0.25) is 0 Å². The normalized spacial score (nSPS) is 15.5. The predicted molar refractivity (Wildman–Crippen MR) is 246 cm³/mol. The zero-order valence-corrected chi connectivity index (χ0v) is 36.6. The van der Waals surface area contributed by atoms with E-state index >= 15 is 0 Å². The largest absolute Gasteiger partial charge is 0.500 e. The summed E-state index contributed by atoms with van der Waals surface area (Å²) in [4.78, 5) is 9.04. The van der Waals surface area contributed by atoms with Gasteiger partial charge in [0.2, 0.25) is 0 Å². The molecule has 6 aromatic carbocycles. The van der Waals surface area contributed by atoms with E-state index < -0.39 is 32.3 Å². The third-order valence-electron chi connectivity index (χ3n) is 10.7. The Morgan fingerprint density at radius 2 is 1.42 bits per heavy atom. The molecule has 299 valence electrons. The summed E-state index contributed by atoms with van der Waals surface area (Å²) < 4.78 is 96.6. The first-order valence-corrected chi connectivity index (χ1v) is 19.4. The molecule has 0 aliphatic carbocycles. The van der Waals surface area contributed by atoms with E-state index in [1.807, 2.05) is 72.9 Å². The summed E-state index contributed by atoms with van der Waals surface area (Å²) in [6, 6.07) is 39.4. The Kier molecular flexibility index (Phi) is 8.41. The first kappa shape index (κ1) is 29.7. The molecule has 1 radical (unpaired) electrons. The summed E-state index contributed by atoms with van der Waals surface area (Å²) in [6.07, 6.45) is 3.18. The minimum Gasteiger partial charge on any atom is -0.500 e. The molecule has 3 nitrogen and oxygen atoms in total. The third kappa shape index (κ3) is 8.14. The van der Waals surface area contributed by atoms with Gasteiger partial charge in [-0.15, -0.1) is 53.1 Å². The van der Waals surface area contributed by atoms with Gasteiger partial charge in [-0.3, -0.25) is 0 Å². The zero-order chi connectivity index (χ0) is 50.2. The molecule has 0 fully saturated rings. The number of benzene rings is 6. The van der Waals surface area contributed by atoms with E-state index in [4.69, 9.17) is 19.5 Å². The van der Waals surface area contributed by atoms with E-state index in [2.05, 4.69) is 42.9 Å². The van der Waals surface area contributed by atoms with Crippen LogP contribution in [0.25, 0.3) is 77.1 Å². The molecule has 0 unspecified atom stereocenters. The van der Waals surface area contributed by atoms with E-state index in [1.54, 1.807) is 58.0 Å². The Balaban J connectivity index is 0.000000289. The minimum atomic E-state index is -2.53. The summed E-state index contributed by atoms with van der Waals surface area (Å²) in [6.45, 7) is 6.34. The zero-order valence-electron chi connectivity index (χ0n) is 45.2. The van der Waals surface area contributed by atoms with Crippen molar-refractivity contribution < 1.29 is 39.6 Å². The van der Waals surface area contributed by atoms with Gasteiger partial charge in [0.25, 0.3) is 0 Å². The molecular weight excluding hydrogens is 897 g/mol. The van der Waals surface area contributed by atoms with Crippen LogP contribution < -0.4 is 0 Å². The van der Waals surface area contributed by atoms with E-state index in [0.717, 1.165) is 32.8 Å². The van der Waals surface area contributed by atoms with Crippen molar-refractivity contribution in [1.29, 1.82) is 0 Å². The maximum atomic E-state index is 8.99. The van der Waals surface area contributed by atoms with Crippen LogP contribution in [0.4, 0.5) is 0 Å². The van der Waals surface area contributed by atoms with Gasteiger partial charge >= 0.3 is 0 Å². The van der Waals surface area contributed by atoms with Crippen molar-refractivity contribution in [3.8, 4) is 33.6 Å². The van der Waals surface area contributed by atoms with Gasteiger partial charge in [0.05, 0.1) is 5.58 Å². The number of nitrogens with zero attached hydrogens (tertiary/aromatic N) is 2. The second-order valence-corrected chi connectivity index (χ2v) is 16.3. The summed E-state index contributed by atoms with van der Waals surface area (Å²) in [5.74, 6) is -2.06. The molecular formula is C55H52IrN2O-2. The van der Waals surface area contributed by atoms with Crippen LogP contribution in [0.1, 0.15) is 109 Å². The number of pyridine rings is 2. The minimum absolute atomic E-state index is 0. The van der Waals surface area contributed by atoms with E-state index in [-0.39, 0.29) is 42.2 Å². The fraction of sp³-hybridized carbons (Fsp3) is 0.236. The number of fused-ring (bicyclic) bond motifs is 7. The molecule has 0 saturated heterocycles. The van der Waals surface area contributed by atoms with Gasteiger partial charge in [0.15, 0.2) is 0 Å². The molecule has 0 aliphatic heterocycles. The van der Waals surface area contributed by atoms with Crippen molar-refractivity contribution in [2.24, 2.45) is 0 Å². The van der Waals surface area contributed by atoms with Crippen LogP contribution in [-0.4, -0.2) is 9.97 Å². The molecule has 0 spiro atoms. The van der Waals surface area contributed by atoms with E-state index in [0.29, 0.717) is 55.4 Å². The molecule has 3 aromatic heterocycles. The molecule has 0 atom stereocenters. The van der Waals surface area contributed by atoms with Gasteiger partial charge < -0.3 is 14.4 Å². The summed E-state index contributed by atoms with van der Waals surface area (Å²) in [5, 5.41) is 4.87. The van der Waals surface area contributed by atoms with E-state index in [9.17, 15) is 0 Å². The van der Waals surface area contributed by atoms with Crippen LogP contribution in [0.15, 0.2) is 126 Å². The van der Waals surface area contributed by atoms with Crippen molar-refractivity contribution in [3.05, 3.63) is 167 Å². The molecule has 4 heteroatoms. The average Bonchev–Trinajstić information content (AvgIpc) is 3.66. The molecule has 9 aromatic rings. The smallest absolute Gasteiger partial charge is 0.129 e. The first-order valence-electron chi connectivity index (χ1n) is 24.9. The predicted octanol–water partition coefficient (Wildman–Crippen LogP) is 15.4. The van der Waals surface area contributed by atoms with Crippen LogP contribution in [0.3, 0.4) is 0 Å². The summed E-state index contributed by atoms with van der Waals surface area (Å²) in [5.41, 5.74) is 6.99. The molecule has 59 heavy (non-hydrogen) atoms. The number of rotatable bonds is 5. The van der Waals surface area contributed by atoms with Crippen molar-refractivity contribution in [2.75, 3.05) is 0 Å². The number of hydrogen-bond acceptors (Lipinski definition) is 3. The van der Waals surface area contributed by atoms with Gasteiger partial charge in [-0.05, 0) is 85.0 Å². The van der Waals surface area contributed by atoms with Crippen LogP contribution in [0.5, 0.6) is 0 Å². The maximum absolute atomic E-state index is 8.99. The summed E-state index contributed by atoms with van der Waals surface area (Å²) in [7, 11) is 0. The van der Waals surface area contributed by atoms with Gasteiger partial charge in [-0.2, -0.15) is 0 Å². The number of aryl methyl sites for hydroxylation is 3. The van der Waals surface area contributed by atoms with Crippen molar-refractivity contribution >= 4 is 43.5 Å². The Morgan fingerprint density at radius 3 is 2.12 bits per heavy atom. The quantitative estimate of drug-likeness (QED) is 0.127. The maximum Gasteiger partial charge on any atom is 0.129 e. The molecule has 0 saturated carbocycles. The van der Waals surface area contributed by atoms with E-state index in [1.165, 1.54) is 23.9 Å². The monoisotopic (exact) mass is 960 g/mol. The van der Waals surface area contributed by atoms with Gasteiger partial charge in [0.1, 0.15) is 5.58 Å². The average molecular weight is 960 g/mol. The van der Waals surface area contributed by atoms with Crippen molar-refractivity contribution in [2.45, 2.75) is 86.2 Å². The Bertz CT molecular complexity index is 3330. The topological polar surface area (TPSA) is 38.9 Å². The Morgan fingerprint density at radius 1 is 0.644 bits per heavy atom. The molecule has 0 amide bonds. The SMILES string of the molecule is [2H]C([2H])([2H])c1c[c-]c(-c2ccc(C(C)(C)C)cn2)cc1.[2H]C([2H])([2H])c1cnc(-c2[c-]cc(C([2H])([2H])[2H])c3c2oc2c3ccc3ccc4ccccc4c32)cc1-c1ccc(C([2H])(C)C)cc1C([2H])(C)C.[Ir]. The molecule has 0 bridgehead atoms. The Hall–Kier alpha value is -5.41. The third-order valence-corrected chi connectivity index (χ3v) is 10.7. The Labute approximate surface area is 378 Å². The fourth-order valence-electron chi connectivity index (χ4n) is 7.46. The standard InChI is InChI=1S/C39H34NO.C16H18N.Ir/c1-22(2)28-15-17-30(33(19-28)23(3)4)34-20-35(40-21-25(34)6)31-16-11-24(5)36-32-18-14-27-13-12-26-9-7-8-10-29(26)37(27)39(32)41-38(31)36;1-12-5-7-13(8-6-12)15-10-9-14(11-17-15)16(2,3)4;/h7-15,17-23H,1-6H3;5-7,9-11H,1-4H3;/q2*-1;/i5D3,6D3,22D,23D;1D3;. The van der Waals surface area contributed by atoms with Gasteiger partial charge in [0, 0.05) is 58.3 Å². The number of hydrogen-bond donors (Lipinski definition) is 0. The van der Waals surface area contributed by atoms with Crippen LogP contribution in [0, 0.1) is 32.7 Å². The van der Waals surface area contributed by atoms with Crippen molar-refractivity contribution in [1.82, 2.24) is 9.97 Å². The fourth-order valence-corrected chi connectivity index (χ4v) is 7.46. The second kappa shape index (κ2) is 16.7. The van der Waals surface area contributed by atoms with Gasteiger partial charge in [-0.1, -0.05) is 158 Å².